The molecule has 1 unspecified atom stereocenters. The fraction of sp³-hybridized carbons (Fsp3) is 0.850. The van der Waals surface area contributed by atoms with Gasteiger partial charge in [-0.05, 0) is 38.5 Å². The van der Waals surface area contributed by atoms with Crippen LogP contribution in [0.5, 0.6) is 0 Å². The molecule has 0 aliphatic heterocycles. The van der Waals surface area contributed by atoms with Crippen LogP contribution in [0.1, 0.15) is 96.8 Å². The fourth-order valence-electron chi connectivity index (χ4n) is 2.83. The molecule has 3 heteroatoms. The largest absolute Gasteiger partial charge is 0.481 e. The number of rotatable bonds is 17. The Labute approximate surface area is 143 Å². The van der Waals surface area contributed by atoms with Crippen LogP contribution in [0, 0.1) is 5.92 Å². The van der Waals surface area contributed by atoms with E-state index < -0.39 is 5.97 Å². The molecule has 0 aromatic rings. The summed E-state index contributed by atoms with van der Waals surface area (Å²) >= 11 is 0. The van der Waals surface area contributed by atoms with Crippen molar-refractivity contribution in [3.05, 3.63) is 12.2 Å². The molecule has 0 spiro atoms. The maximum atomic E-state index is 10.9. The molecule has 0 radical (unpaired) electrons. The molecule has 1 atom stereocenters. The number of aliphatic hydroxyl groups excluding tert-OH is 1. The third kappa shape index (κ3) is 15.8. The van der Waals surface area contributed by atoms with Gasteiger partial charge in [-0.3, -0.25) is 4.79 Å². The van der Waals surface area contributed by atoms with Crippen molar-refractivity contribution in [2.24, 2.45) is 5.92 Å². The lowest BCUT2D eigenvalue weighted by atomic mass is 9.98. The second kappa shape index (κ2) is 17.5. The van der Waals surface area contributed by atoms with Crippen molar-refractivity contribution in [3.63, 3.8) is 0 Å². The lowest BCUT2D eigenvalue weighted by Crippen LogP contribution is -2.15. The molecule has 0 heterocycles. The number of carboxylic acid groups (broad SMARTS) is 1. The van der Waals surface area contributed by atoms with Gasteiger partial charge in [0.25, 0.3) is 0 Å². The van der Waals surface area contributed by atoms with E-state index in [1.807, 2.05) is 0 Å². The van der Waals surface area contributed by atoms with Crippen LogP contribution < -0.4 is 0 Å². The molecule has 0 aromatic carbocycles. The molecule has 0 saturated heterocycles. The molecule has 0 saturated carbocycles. The normalized spacial score (nSPS) is 12.8. The van der Waals surface area contributed by atoms with E-state index in [1.54, 1.807) is 0 Å². The summed E-state index contributed by atoms with van der Waals surface area (Å²) in [5.41, 5.74) is 0. The Hall–Kier alpha value is -0.830. The van der Waals surface area contributed by atoms with Crippen LogP contribution in [0.2, 0.25) is 0 Å². The number of carboxylic acids is 1. The second-order valence-corrected chi connectivity index (χ2v) is 6.57. The SMILES string of the molecule is CCCCCCCCC=CCCCCCCC(CCO)C(=O)O. The topological polar surface area (TPSA) is 57.5 Å². The van der Waals surface area contributed by atoms with Gasteiger partial charge in [0.2, 0.25) is 0 Å². The summed E-state index contributed by atoms with van der Waals surface area (Å²) in [4.78, 5) is 10.9. The number of allylic oxidation sites excluding steroid dienone is 2. The molecule has 0 amide bonds. The van der Waals surface area contributed by atoms with Gasteiger partial charge in [-0.15, -0.1) is 0 Å². The van der Waals surface area contributed by atoms with Crippen LogP contribution in [0.15, 0.2) is 12.2 Å². The Balaban J connectivity index is 3.32. The van der Waals surface area contributed by atoms with Gasteiger partial charge < -0.3 is 10.2 Å². The van der Waals surface area contributed by atoms with Crippen LogP contribution >= 0.6 is 0 Å². The molecule has 0 aromatic heterocycles. The van der Waals surface area contributed by atoms with Gasteiger partial charge in [-0.1, -0.05) is 70.4 Å². The Morgan fingerprint density at radius 3 is 1.87 bits per heavy atom. The van der Waals surface area contributed by atoms with Crippen LogP contribution in [0.4, 0.5) is 0 Å². The highest BCUT2D eigenvalue weighted by Crippen LogP contribution is 2.15. The van der Waals surface area contributed by atoms with E-state index in [9.17, 15) is 4.79 Å². The third-order valence-corrected chi connectivity index (χ3v) is 4.39. The van der Waals surface area contributed by atoms with E-state index in [1.165, 1.54) is 57.8 Å². The first-order valence-corrected chi connectivity index (χ1v) is 9.71. The minimum absolute atomic E-state index is 0.0274. The standard InChI is InChI=1S/C20H38O3/c1-2-3-4-5-6-7-8-9-10-11-12-13-14-15-16-19(17-18-21)20(22)23/h9-10,19,21H,2-8,11-18H2,1H3,(H,22,23). The van der Waals surface area contributed by atoms with Crippen molar-refractivity contribution in [1.29, 1.82) is 0 Å². The number of carbonyl (C=O) groups is 1. The lowest BCUT2D eigenvalue weighted by molar-refractivity contribution is -0.142. The maximum Gasteiger partial charge on any atom is 0.306 e. The number of unbranched alkanes of at least 4 members (excludes halogenated alkanes) is 10. The monoisotopic (exact) mass is 326 g/mol. The molecule has 0 bridgehead atoms. The number of aliphatic hydroxyl groups is 1. The summed E-state index contributed by atoms with van der Waals surface area (Å²) in [6, 6.07) is 0. The summed E-state index contributed by atoms with van der Waals surface area (Å²) in [7, 11) is 0. The Morgan fingerprint density at radius 2 is 1.35 bits per heavy atom. The van der Waals surface area contributed by atoms with Crippen LogP contribution in [-0.2, 0) is 4.79 Å². The van der Waals surface area contributed by atoms with Gasteiger partial charge in [-0.2, -0.15) is 0 Å². The summed E-state index contributed by atoms with van der Waals surface area (Å²) in [5, 5.41) is 17.8. The molecule has 136 valence electrons. The van der Waals surface area contributed by atoms with E-state index in [0.29, 0.717) is 12.8 Å². The summed E-state index contributed by atoms with van der Waals surface area (Å²) in [6.07, 6.45) is 20.7. The van der Waals surface area contributed by atoms with Crippen molar-refractivity contribution in [3.8, 4) is 0 Å². The van der Waals surface area contributed by atoms with E-state index in [-0.39, 0.29) is 12.5 Å². The summed E-state index contributed by atoms with van der Waals surface area (Å²) in [6.45, 7) is 2.22. The minimum Gasteiger partial charge on any atom is -0.481 e. The highest BCUT2D eigenvalue weighted by atomic mass is 16.4. The van der Waals surface area contributed by atoms with E-state index >= 15 is 0 Å². The highest BCUT2D eigenvalue weighted by molar-refractivity contribution is 5.69. The van der Waals surface area contributed by atoms with Crippen molar-refractivity contribution in [2.75, 3.05) is 6.61 Å². The first kappa shape index (κ1) is 22.2. The van der Waals surface area contributed by atoms with Crippen molar-refractivity contribution >= 4 is 5.97 Å². The predicted octanol–water partition coefficient (Wildman–Crippen LogP) is 5.72. The first-order valence-electron chi connectivity index (χ1n) is 9.71. The molecule has 2 N–H and O–H groups in total. The van der Waals surface area contributed by atoms with E-state index in [4.69, 9.17) is 10.2 Å². The van der Waals surface area contributed by atoms with Crippen LogP contribution in [-0.4, -0.2) is 22.8 Å². The van der Waals surface area contributed by atoms with Gasteiger partial charge in [0.1, 0.15) is 0 Å². The smallest absolute Gasteiger partial charge is 0.306 e. The zero-order valence-corrected chi connectivity index (χ0v) is 15.1. The molecule has 0 aliphatic carbocycles. The van der Waals surface area contributed by atoms with Gasteiger partial charge in [0, 0.05) is 6.61 Å². The predicted molar refractivity (Wildman–Crippen MR) is 97.7 cm³/mol. The zero-order chi connectivity index (χ0) is 17.2. The van der Waals surface area contributed by atoms with Gasteiger partial charge in [-0.25, -0.2) is 0 Å². The molecule has 0 rings (SSSR count). The molecule has 3 nitrogen and oxygen atoms in total. The molecular weight excluding hydrogens is 288 g/mol. The zero-order valence-electron chi connectivity index (χ0n) is 15.1. The fourth-order valence-corrected chi connectivity index (χ4v) is 2.83. The number of hydrogen-bond donors (Lipinski definition) is 2. The van der Waals surface area contributed by atoms with E-state index in [2.05, 4.69) is 19.1 Å². The Kier molecular flexibility index (Phi) is 16.9. The molecule has 0 aliphatic rings. The average Bonchev–Trinajstić information content (AvgIpc) is 2.54. The quantitative estimate of drug-likeness (QED) is 0.265. The Morgan fingerprint density at radius 1 is 0.826 bits per heavy atom. The van der Waals surface area contributed by atoms with Gasteiger partial charge >= 0.3 is 5.97 Å². The summed E-state index contributed by atoms with van der Waals surface area (Å²) in [5.74, 6) is -1.13. The van der Waals surface area contributed by atoms with E-state index in [0.717, 1.165) is 19.3 Å². The van der Waals surface area contributed by atoms with Crippen molar-refractivity contribution in [2.45, 2.75) is 96.8 Å². The van der Waals surface area contributed by atoms with Crippen molar-refractivity contribution in [1.82, 2.24) is 0 Å². The number of aliphatic carboxylic acids is 1. The molecule has 0 fully saturated rings. The van der Waals surface area contributed by atoms with Gasteiger partial charge in [0.15, 0.2) is 0 Å². The molecular formula is C20H38O3. The average molecular weight is 327 g/mol. The van der Waals surface area contributed by atoms with Gasteiger partial charge in [0.05, 0.1) is 5.92 Å². The third-order valence-electron chi connectivity index (χ3n) is 4.39. The van der Waals surface area contributed by atoms with Crippen LogP contribution in [0.3, 0.4) is 0 Å². The minimum atomic E-state index is -0.767. The Bertz CT molecular complexity index is 287. The molecule has 23 heavy (non-hydrogen) atoms. The second-order valence-electron chi connectivity index (χ2n) is 6.57. The van der Waals surface area contributed by atoms with Crippen LogP contribution in [0.25, 0.3) is 0 Å². The highest BCUT2D eigenvalue weighted by Gasteiger charge is 2.15. The number of hydrogen-bond acceptors (Lipinski definition) is 2. The van der Waals surface area contributed by atoms with Crippen molar-refractivity contribution < 1.29 is 15.0 Å². The lowest BCUT2D eigenvalue weighted by Gasteiger charge is -2.09. The summed E-state index contributed by atoms with van der Waals surface area (Å²) < 4.78 is 0. The first-order chi connectivity index (χ1) is 11.2. The maximum absolute atomic E-state index is 10.9.